The van der Waals surface area contributed by atoms with Crippen LogP contribution in [0.15, 0.2) is 0 Å². The fourth-order valence-corrected chi connectivity index (χ4v) is 3.62. The molecule has 0 aromatic heterocycles. The Morgan fingerprint density at radius 3 is 2.78 bits per heavy atom. The van der Waals surface area contributed by atoms with Crippen molar-refractivity contribution in [2.24, 2.45) is 11.7 Å². The van der Waals surface area contributed by atoms with Crippen LogP contribution in [0, 0.1) is 5.92 Å². The highest BCUT2D eigenvalue weighted by Crippen LogP contribution is 2.30. The van der Waals surface area contributed by atoms with E-state index in [2.05, 4.69) is 6.92 Å². The Morgan fingerprint density at radius 1 is 1.33 bits per heavy atom. The molecule has 54 valence electrons. The number of hydrogen-bond acceptors (Lipinski definition) is 3. The first-order valence-electron chi connectivity index (χ1n) is 3.29. The second kappa shape index (κ2) is 3.74. The van der Waals surface area contributed by atoms with Crippen LogP contribution >= 0.6 is 21.6 Å². The summed E-state index contributed by atoms with van der Waals surface area (Å²) in [4.78, 5) is 0. The Labute approximate surface area is 64.5 Å². The third kappa shape index (κ3) is 2.83. The molecule has 0 radical (unpaired) electrons. The Bertz CT molecular complexity index is 77.1. The van der Waals surface area contributed by atoms with Gasteiger partial charge in [0, 0.05) is 17.5 Å². The molecule has 3 heteroatoms. The summed E-state index contributed by atoms with van der Waals surface area (Å²) in [6.07, 6.45) is 1.21. The summed E-state index contributed by atoms with van der Waals surface area (Å²) in [5.74, 6) is 3.23. The number of nitrogens with two attached hydrogens (primary N) is 1. The molecule has 1 fully saturated rings. The summed E-state index contributed by atoms with van der Waals surface area (Å²) in [7, 11) is 3.88. The summed E-state index contributed by atoms with van der Waals surface area (Å²) in [5, 5.41) is 0. The molecule has 1 saturated heterocycles. The quantitative estimate of drug-likeness (QED) is 0.551. The van der Waals surface area contributed by atoms with Gasteiger partial charge >= 0.3 is 0 Å². The predicted octanol–water partition coefficient (Wildman–Crippen LogP) is 1.73. The van der Waals surface area contributed by atoms with Crippen molar-refractivity contribution in [2.45, 2.75) is 19.4 Å². The minimum atomic E-state index is 0.444. The van der Waals surface area contributed by atoms with E-state index in [1.165, 1.54) is 12.2 Å². The van der Waals surface area contributed by atoms with Gasteiger partial charge in [0.15, 0.2) is 0 Å². The first-order valence-corrected chi connectivity index (χ1v) is 5.78. The van der Waals surface area contributed by atoms with Gasteiger partial charge in [-0.05, 0) is 12.3 Å². The Hall–Kier alpha value is 0.660. The van der Waals surface area contributed by atoms with Crippen LogP contribution in [-0.2, 0) is 0 Å². The van der Waals surface area contributed by atoms with Gasteiger partial charge in [-0.2, -0.15) is 0 Å². The smallest absolute Gasteiger partial charge is 0.0189 e. The van der Waals surface area contributed by atoms with Gasteiger partial charge in [-0.1, -0.05) is 28.5 Å². The lowest BCUT2D eigenvalue weighted by molar-refractivity contribution is 0.535. The van der Waals surface area contributed by atoms with Crippen LogP contribution in [-0.4, -0.2) is 17.5 Å². The average molecular weight is 163 g/mol. The standard InChI is InChI=1S/C6H13NS2/c1-5-2-6(7)4-9-8-3-5/h5-6H,2-4,7H2,1H3. The molecule has 1 rings (SSSR count). The first kappa shape index (κ1) is 7.76. The van der Waals surface area contributed by atoms with Crippen molar-refractivity contribution in [3.05, 3.63) is 0 Å². The minimum Gasteiger partial charge on any atom is -0.327 e. The zero-order valence-electron chi connectivity index (χ0n) is 5.67. The molecule has 2 atom stereocenters. The third-order valence-corrected chi connectivity index (χ3v) is 4.18. The van der Waals surface area contributed by atoms with Gasteiger partial charge in [0.2, 0.25) is 0 Å². The summed E-state index contributed by atoms with van der Waals surface area (Å²) in [6.45, 7) is 2.28. The van der Waals surface area contributed by atoms with Crippen molar-refractivity contribution < 1.29 is 0 Å². The van der Waals surface area contributed by atoms with Crippen LogP contribution in [0.1, 0.15) is 13.3 Å². The van der Waals surface area contributed by atoms with E-state index >= 15 is 0 Å². The Kier molecular flexibility index (Phi) is 3.22. The molecule has 1 heterocycles. The van der Waals surface area contributed by atoms with Gasteiger partial charge in [-0.3, -0.25) is 0 Å². The van der Waals surface area contributed by atoms with Gasteiger partial charge in [-0.15, -0.1) is 0 Å². The monoisotopic (exact) mass is 163 g/mol. The van der Waals surface area contributed by atoms with E-state index in [-0.39, 0.29) is 0 Å². The van der Waals surface area contributed by atoms with Crippen LogP contribution in [0.5, 0.6) is 0 Å². The maximum Gasteiger partial charge on any atom is 0.0189 e. The van der Waals surface area contributed by atoms with Gasteiger partial charge in [0.25, 0.3) is 0 Å². The molecule has 0 spiro atoms. The molecule has 9 heavy (non-hydrogen) atoms. The molecule has 1 aliphatic rings. The molecule has 0 aromatic rings. The molecular formula is C6H13NS2. The maximum absolute atomic E-state index is 5.79. The molecule has 0 amide bonds. The largest absolute Gasteiger partial charge is 0.327 e. The molecule has 1 nitrogen and oxygen atoms in total. The molecule has 0 saturated carbocycles. The van der Waals surface area contributed by atoms with Crippen molar-refractivity contribution in [2.75, 3.05) is 11.5 Å². The van der Waals surface area contributed by atoms with E-state index < -0.39 is 0 Å². The van der Waals surface area contributed by atoms with Crippen LogP contribution in [0.3, 0.4) is 0 Å². The second-order valence-electron chi connectivity index (χ2n) is 2.67. The van der Waals surface area contributed by atoms with Gasteiger partial charge < -0.3 is 5.73 Å². The highest BCUT2D eigenvalue weighted by Gasteiger charge is 2.13. The summed E-state index contributed by atoms with van der Waals surface area (Å²) in [5.41, 5.74) is 5.79. The highest BCUT2D eigenvalue weighted by atomic mass is 33.1. The van der Waals surface area contributed by atoms with E-state index in [9.17, 15) is 0 Å². The summed E-state index contributed by atoms with van der Waals surface area (Å²) < 4.78 is 0. The molecule has 2 unspecified atom stereocenters. The SMILES string of the molecule is CC1CSSCC(N)C1. The van der Waals surface area contributed by atoms with Crippen LogP contribution < -0.4 is 5.73 Å². The van der Waals surface area contributed by atoms with E-state index in [1.54, 1.807) is 0 Å². The van der Waals surface area contributed by atoms with E-state index in [4.69, 9.17) is 5.73 Å². The molecule has 0 aromatic carbocycles. The molecule has 0 aliphatic carbocycles. The second-order valence-corrected chi connectivity index (χ2v) is 5.22. The summed E-state index contributed by atoms with van der Waals surface area (Å²) >= 11 is 0. The topological polar surface area (TPSA) is 26.0 Å². The van der Waals surface area contributed by atoms with Gasteiger partial charge in [0.1, 0.15) is 0 Å². The lowest BCUT2D eigenvalue weighted by Gasteiger charge is -2.08. The van der Waals surface area contributed by atoms with Crippen LogP contribution in [0.4, 0.5) is 0 Å². The van der Waals surface area contributed by atoms with Crippen molar-refractivity contribution in [3.8, 4) is 0 Å². The van der Waals surface area contributed by atoms with E-state index in [0.717, 1.165) is 11.7 Å². The fourth-order valence-electron chi connectivity index (χ4n) is 0.953. The predicted molar refractivity (Wildman–Crippen MR) is 46.7 cm³/mol. The van der Waals surface area contributed by atoms with E-state index in [1.807, 2.05) is 21.6 Å². The van der Waals surface area contributed by atoms with Crippen LogP contribution in [0.2, 0.25) is 0 Å². The zero-order chi connectivity index (χ0) is 6.69. The molecule has 2 N–H and O–H groups in total. The highest BCUT2D eigenvalue weighted by molar-refractivity contribution is 8.76. The fraction of sp³-hybridized carbons (Fsp3) is 1.00. The van der Waals surface area contributed by atoms with Gasteiger partial charge in [-0.25, -0.2) is 0 Å². The number of rotatable bonds is 0. The van der Waals surface area contributed by atoms with Gasteiger partial charge in [0.05, 0.1) is 0 Å². The van der Waals surface area contributed by atoms with Crippen molar-refractivity contribution in [1.82, 2.24) is 0 Å². The number of hydrogen-bond donors (Lipinski definition) is 1. The molecule has 1 aliphatic heterocycles. The molecular weight excluding hydrogens is 150 g/mol. The lowest BCUT2D eigenvalue weighted by Crippen LogP contribution is -2.23. The van der Waals surface area contributed by atoms with Crippen molar-refractivity contribution in [1.29, 1.82) is 0 Å². The maximum atomic E-state index is 5.79. The lowest BCUT2D eigenvalue weighted by atomic mass is 10.1. The van der Waals surface area contributed by atoms with Crippen LogP contribution in [0.25, 0.3) is 0 Å². The third-order valence-electron chi connectivity index (χ3n) is 1.42. The first-order chi connectivity index (χ1) is 4.29. The zero-order valence-corrected chi connectivity index (χ0v) is 7.30. The summed E-state index contributed by atoms with van der Waals surface area (Å²) in [6, 6.07) is 0.444. The molecule has 0 bridgehead atoms. The van der Waals surface area contributed by atoms with E-state index in [0.29, 0.717) is 6.04 Å². The Morgan fingerprint density at radius 2 is 2.00 bits per heavy atom. The van der Waals surface area contributed by atoms with Crippen molar-refractivity contribution >= 4 is 21.6 Å². The average Bonchev–Trinajstić information content (AvgIpc) is 1.93. The normalized spacial score (nSPS) is 38.0. The Balaban J connectivity index is 2.29. The minimum absolute atomic E-state index is 0.444. The van der Waals surface area contributed by atoms with Crippen molar-refractivity contribution in [3.63, 3.8) is 0 Å².